The number of amides is 7. The summed E-state index contributed by atoms with van der Waals surface area (Å²) in [6.45, 7) is 6.08. The largest absolute Gasteiger partial charge is 0.508 e. The molecule has 0 spiro atoms. The molecule has 8 aromatic rings. The molecule has 33 nitrogen and oxygen atoms in total. The second kappa shape index (κ2) is 33.4. The van der Waals surface area contributed by atoms with E-state index in [0.29, 0.717) is 0 Å². The molecule has 7 heterocycles. The number of halogens is 2. The molecular weight excluding hydrogens is 1540 g/mol. The second-order valence-corrected chi connectivity index (χ2v) is 30.4. The summed E-state index contributed by atoms with van der Waals surface area (Å²) in [4.78, 5) is 118. The summed E-state index contributed by atoms with van der Waals surface area (Å²) in [6, 6.07) is 16.6. The monoisotopic (exact) mass is 1620 g/mol. The molecule has 606 valence electrons. The number of rotatable bonds is 15. The first-order chi connectivity index (χ1) is 54.7. The molecule has 7 amide bonds. The van der Waals surface area contributed by atoms with E-state index in [-0.39, 0.29) is 52.8 Å². The van der Waals surface area contributed by atoms with E-state index >= 15 is 14.4 Å². The van der Waals surface area contributed by atoms with Crippen molar-refractivity contribution in [3.8, 4) is 57.1 Å². The minimum Gasteiger partial charge on any atom is -0.508 e. The molecule has 115 heavy (non-hydrogen) atoms. The average Bonchev–Trinajstić information content (AvgIpc) is 0.769. The summed E-state index contributed by atoms with van der Waals surface area (Å²) in [5.41, 5.74) is 8.80. The molecule has 35 heteroatoms. The Morgan fingerprint density at radius 1 is 0.661 bits per heavy atom. The standard InChI is InChI=1S/C80H83Cl2N9O24/c1-32(2)19-48(83)72(102)90-63-65(97)37-14-17-52(46(81)22-37)111-54-24-39-25-55(69(54)115-79-70(68(100)67(99)56(31-92)113-79)114-58-29-80(4,71(101)33(3)110-58)85-30-45-41-11-7-5-9-34(41)20-35-10-6-8-12-42(35)45)112-53-18-15-38(23-47(53)82)66(98)64-77(107)89-62(78(108)109)44-26-40(93)27-51(95)59(44)43-21-36(13-16-50(43)94)60(74(104)91-64)88-75(105)61(39)87-73(103)49(28-57(84)96)86-76(63)106/h5-18,20-27,32-33,48-49,56,58,60-68,70-71,79,85,92-95,97-101H,19,28-31,83H2,1-4H3,(H2,84,96)(H,86,106)(H,87,103)(H,88,105)(H,89,107)(H,90,102)(H,91,104)(H,108,109)/t33-,48-,49+,56-,58-,60?,61-,62+,63?,64+,65-,66-,67-,68+,70-,71+,79+,80-/m1/s1. The molecule has 18 atom stereocenters. The van der Waals surface area contributed by atoms with Crippen LogP contribution in [0.5, 0.6) is 46.0 Å². The van der Waals surface area contributed by atoms with Gasteiger partial charge in [0.1, 0.15) is 89.5 Å². The second-order valence-electron chi connectivity index (χ2n) is 29.5. The first-order valence-electron chi connectivity index (χ1n) is 36.6. The molecular formula is C80H83Cl2N9O24. The molecule has 11 bridgehead atoms. The number of fused-ring (bicyclic) bond motifs is 17. The van der Waals surface area contributed by atoms with Crippen molar-refractivity contribution in [3.05, 3.63) is 177 Å². The molecule has 2 fully saturated rings. The highest BCUT2D eigenvalue weighted by Gasteiger charge is 2.52. The van der Waals surface area contributed by atoms with Gasteiger partial charge in [-0.2, -0.15) is 0 Å². The van der Waals surface area contributed by atoms with Gasteiger partial charge in [-0.15, -0.1) is 0 Å². The van der Waals surface area contributed by atoms with Gasteiger partial charge in [-0.3, -0.25) is 33.6 Å². The van der Waals surface area contributed by atoms with Gasteiger partial charge in [-0.1, -0.05) is 104 Å². The zero-order valence-electron chi connectivity index (χ0n) is 61.7. The number of aromatic hydroxyl groups is 3. The lowest BCUT2D eigenvalue weighted by Crippen LogP contribution is -2.65. The lowest BCUT2D eigenvalue weighted by atomic mass is 9.84. The highest BCUT2D eigenvalue weighted by molar-refractivity contribution is 6.32. The highest BCUT2D eigenvalue weighted by Crippen LogP contribution is 2.50. The number of benzene rings is 8. The predicted octanol–water partition coefficient (Wildman–Crippen LogP) is 3.98. The van der Waals surface area contributed by atoms with Crippen LogP contribution in [0.2, 0.25) is 10.0 Å². The smallest absolute Gasteiger partial charge is 0.330 e. The number of phenols is 3. The Hall–Kier alpha value is -11.0. The Kier molecular flexibility index (Phi) is 23.8. The van der Waals surface area contributed by atoms with Crippen LogP contribution in [0.3, 0.4) is 0 Å². The van der Waals surface area contributed by atoms with Gasteiger partial charge in [0.15, 0.2) is 29.9 Å². The average molecular weight is 1630 g/mol. The van der Waals surface area contributed by atoms with E-state index in [9.17, 15) is 75.0 Å². The van der Waals surface area contributed by atoms with Gasteiger partial charge in [0, 0.05) is 41.3 Å². The van der Waals surface area contributed by atoms with E-state index in [1.165, 1.54) is 12.1 Å². The Bertz CT molecular complexity index is 5120. The van der Waals surface area contributed by atoms with Crippen molar-refractivity contribution in [2.75, 3.05) is 6.61 Å². The minimum absolute atomic E-state index is 0.0695. The lowest BCUT2D eigenvalue weighted by molar-refractivity contribution is -0.334. The van der Waals surface area contributed by atoms with Crippen LogP contribution in [0.15, 0.2) is 133 Å². The highest BCUT2D eigenvalue weighted by atomic mass is 35.5. The predicted molar refractivity (Wildman–Crippen MR) is 409 cm³/mol. The number of aliphatic hydroxyl groups is 6. The maximum Gasteiger partial charge on any atom is 0.330 e. The van der Waals surface area contributed by atoms with Crippen molar-refractivity contribution in [1.29, 1.82) is 0 Å². The van der Waals surface area contributed by atoms with E-state index in [1.54, 1.807) is 27.7 Å². The normalized spacial score (nSPS) is 27.3. The molecule has 0 radical (unpaired) electrons. The van der Waals surface area contributed by atoms with Gasteiger partial charge in [0.05, 0.1) is 41.3 Å². The number of hydrogen-bond acceptors (Lipinski definition) is 25. The molecule has 7 aliphatic heterocycles. The Morgan fingerprint density at radius 3 is 1.87 bits per heavy atom. The van der Waals surface area contributed by atoms with E-state index in [4.69, 9.17) is 63.1 Å². The van der Waals surface area contributed by atoms with Crippen LogP contribution in [0, 0.1) is 5.92 Å². The first kappa shape index (κ1) is 82.0. The fraction of sp³-hybridized carbons (Fsp3) is 0.350. The minimum atomic E-state index is -2.37. The maximum atomic E-state index is 16.2. The van der Waals surface area contributed by atoms with E-state index in [0.717, 1.165) is 93.8 Å². The first-order valence-corrected chi connectivity index (χ1v) is 37.3. The number of nitrogens with two attached hydrogens (primary N) is 2. The topological polar surface area (TPSA) is 530 Å². The molecule has 8 aromatic carbocycles. The Balaban J connectivity index is 0.995. The molecule has 21 N–H and O–H groups in total. The Labute approximate surface area is 664 Å². The van der Waals surface area contributed by atoms with Crippen LogP contribution in [0.25, 0.3) is 32.7 Å². The summed E-state index contributed by atoms with van der Waals surface area (Å²) < 4.78 is 39.7. The van der Waals surface area contributed by atoms with Gasteiger partial charge in [0.2, 0.25) is 53.4 Å². The van der Waals surface area contributed by atoms with Gasteiger partial charge < -0.3 is 128 Å². The van der Waals surface area contributed by atoms with Crippen molar-refractivity contribution in [2.45, 2.75) is 163 Å². The molecule has 0 saturated carbocycles. The number of carboxylic acid groups (broad SMARTS) is 1. The van der Waals surface area contributed by atoms with Gasteiger partial charge in [0.25, 0.3) is 0 Å². The number of hydrogen-bond donors (Lipinski definition) is 19. The molecule has 2 saturated heterocycles. The fourth-order valence-electron chi connectivity index (χ4n) is 15.0. The summed E-state index contributed by atoms with van der Waals surface area (Å²) in [5, 5.41) is 138. The summed E-state index contributed by atoms with van der Waals surface area (Å²) >= 11 is 14.3. The number of carbonyl (C=O) groups is 8. The van der Waals surface area contributed by atoms with Crippen molar-refractivity contribution in [3.63, 3.8) is 0 Å². The van der Waals surface area contributed by atoms with Crippen LogP contribution < -0.4 is 62.9 Å². The van der Waals surface area contributed by atoms with Crippen molar-refractivity contribution in [1.82, 2.24) is 37.2 Å². The number of phenolic OH excluding ortho intramolecular Hbond substituents is 3. The van der Waals surface area contributed by atoms with Gasteiger partial charge in [-0.05, 0) is 136 Å². The zero-order valence-corrected chi connectivity index (χ0v) is 63.2. The SMILES string of the molecule is CC(C)C[C@@H](N)C(=O)NC1C(=O)N[C@@H](CC(N)=O)C(=O)N[C@H]2C(=O)NC3C(=O)N[C@H](C(=O)N[C@H](C(=O)O)c4cc(O)cc(O)c4-c4cc3ccc4O)[C@H](O)c3ccc(c(Cl)c3)Oc3cc2cc(c3O[C@@H]2O[C@H](CO)[C@@H](O)[C@H](O)[C@H]2O[C@@H]2C[C@@](C)(NCc3c4ccccc4cc4ccccc34)[C@@H](O)[C@@H](C)O2)Oc2ccc(cc2Cl)[C@H]1O. The van der Waals surface area contributed by atoms with E-state index in [2.05, 4.69) is 43.3 Å². The Morgan fingerprint density at radius 2 is 1.26 bits per heavy atom. The number of aliphatic carboxylic acids is 1. The van der Waals surface area contributed by atoms with Crippen LogP contribution in [0.1, 0.15) is 111 Å². The third kappa shape index (κ3) is 16.9. The summed E-state index contributed by atoms with van der Waals surface area (Å²) in [7, 11) is 0. The molecule has 0 aliphatic carbocycles. The van der Waals surface area contributed by atoms with Crippen molar-refractivity contribution >= 4 is 92.1 Å². The number of carboxylic acids is 1. The van der Waals surface area contributed by atoms with Crippen LogP contribution >= 0.6 is 23.2 Å². The molecule has 2 unspecified atom stereocenters. The van der Waals surface area contributed by atoms with E-state index < -0.39 is 237 Å². The van der Waals surface area contributed by atoms with Crippen molar-refractivity contribution < 1.29 is 118 Å². The maximum absolute atomic E-state index is 16.2. The zero-order chi connectivity index (χ0) is 82.5. The molecule has 7 aliphatic rings. The third-order valence-electron chi connectivity index (χ3n) is 21.0. The van der Waals surface area contributed by atoms with Crippen LogP contribution in [-0.4, -0.2) is 184 Å². The van der Waals surface area contributed by atoms with Crippen LogP contribution in [0.4, 0.5) is 0 Å². The number of aliphatic hydroxyl groups excluding tert-OH is 6. The quantitative estimate of drug-likeness (QED) is 0.0645. The van der Waals surface area contributed by atoms with Crippen LogP contribution in [-0.2, 0) is 59.1 Å². The number of nitrogens with one attached hydrogen (secondary N) is 7. The fourth-order valence-corrected chi connectivity index (χ4v) is 15.5. The number of carbonyl (C=O) groups excluding carboxylic acids is 7. The van der Waals surface area contributed by atoms with Gasteiger partial charge in [-0.25, -0.2) is 4.79 Å². The molecule has 15 rings (SSSR count). The molecule has 0 aromatic heterocycles. The number of ether oxygens (including phenoxy) is 6. The summed E-state index contributed by atoms with van der Waals surface area (Å²) in [6.07, 6.45) is -18.9. The summed E-state index contributed by atoms with van der Waals surface area (Å²) in [5.74, 6) is -16.3. The third-order valence-corrected chi connectivity index (χ3v) is 21.6. The van der Waals surface area contributed by atoms with Crippen molar-refractivity contribution in [2.24, 2.45) is 17.4 Å². The van der Waals surface area contributed by atoms with Gasteiger partial charge >= 0.3 is 5.97 Å². The lowest BCUT2D eigenvalue weighted by Gasteiger charge is -2.48. The van der Waals surface area contributed by atoms with E-state index in [1.807, 2.05) is 48.5 Å². The number of primary amides is 1.